The number of guanidine groups is 1. The van der Waals surface area contributed by atoms with Crippen LogP contribution in [0, 0.1) is 11.3 Å². The molecule has 2 heterocycles. The molecule has 4 aliphatic rings. The Morgan fingerprint density at radius 3 is 2.88 bits per heavy atom. The highest BCUT2D eigenvalue weighted by Crippen LogP contribution is 2.62. The van der Waals surface area contributed by atoms with Crippen molar-refractivity contribution in [3.63, 3.8) is 0 Å². The molecule has 1 aromatic carbocycles. The van der Waals surface area contributed by atoms with E-state index in [0.717, 1.165) is 37.9 Å². The minimum Gasteiger partial charge on any atom is -0.493 e. The first-order valence-corrected chi connectivity index (χ1v) is 10.2. The molecule has 4 unspecified atom stereocenters. The molecular formula is C21H29N3O2. The highest BCUT2D eigenvalue weighted by molar-refractivity contribution is 5.81. The van der Waals surface area contributed by atoms with E-state index in [1.165, 1.54) is 31.2 Å². The molecule has 0 aromatic heterocycles. The largest absolute Gasteiger partial charge is 0.493 e. The van der Waals surface area contributed by atoms with Crippen LogP contribution in [0.4, 0.5) is 0 Å². The molecule has 0 radical (unpaired) electrons. The fraction of sp³-hybridized carbons (Fsp3) is 0.667. The molecule has 2 aliphatic heterocycles. The average Bonchev–Trinajstić information content (AvgIpc) is 3.04. The molecule has 2 saturated carbocycles. The van der Waals surface area contributed by atoms with E-state index >= 15 is 0 Å². The second-order valence-corrected chi connectivity index (χ2v) is 8.15. The summed E-state index contributed by atoms with van der Waals surface area (Å²) in [5.41, 5.74) is 1.60. The minimum atomic E-state index is 0.255. The van der Waals surface area contributed by atoms with Crippen LogP contribution in [0.2, 0.25) is 0 Å². The SMILES string of the molecule is CCN=C(NC1CCOc2ccccc21)NC1C2CCOC2C12CCC2. The molecule has 0 amide bonds. The molecule has 2 aliphatic carbocycles. The van der Waals surface area contributed by atoms with E-state index in [-0.39, 0.29) is 6.04 Å². The van der Waals surface area contributed by atoms with Gasteiger partial charge in [0.05, 0.1) is 18.8 Å². The normalized spacial score (nSPS) is 34.1. The lowest BCUT2D eigenvalue weighted by Crippen LogP contribution is -2.72. The summed E-state index contributed by atoms with van der Waals surface area (Å²) in [5, 5.41) is 7.51. The van der Waals surface area contributed by atoms with Crippen LogP contribution in [0.1, 0.15) is 50.6 Å². The van der Waals surface area contributed by atoms with Gasteiger partial charge in [-0.2, -0.15) is 0 Å². The summed E-state index contributed by atoms with van der Waals surface area (Å²) >= 11 is 0. The smallest absolute Gasteiger partial charge is 0.191 e. The van der Waals surface area contributed by atoms with E-state index in [4.69, 9.17) is 14.5 Å². The molecule has 5 heteroatoms. The summed E-state index contributed by atoms with van der Waals surface area (Å²) in [6.45, 7) is 4.56. The summed E-state index contributed by atoms with van der Waals surface area (Å²) in [4.78, 5) is 4.76. The number of nitrogens with zero attached hydrogens (tertiary/aromatic N) is 1. The molecule has 140 valence electrons. The lowest BCUT2D eigenvalue weighted by atomic mass is 9.46. The zero-order valence-electron chi connectivity index (χ0n) is 15.5. The number of rotatable bonds is 3. The number of hydrogen-bond donors (Lipinski definition) is 2. The summed E-state index contributed by atoms with van der Waals surface area (Å²) in [6, 6.07) is 9.11. The predicted molar refractivity (Wildman–Crippen MR) is 101 cm³/mol. The topological polar surface area (TPSA) is 54.9 Å². The Kier molecular flexibility index (Phi) is 4.07. The number of hydrogen-bond acceptors (Lipinski definition) is 3. The van der Waals surface area contributed by atoms with Crippen molar-refractivity contribution >= 4 is 5.96 Å². The Hall–Kier alpha value is -1.75. The van der Waals surface area contributed by atoms with Gasteiger partial charge in [0.25, 0.3) is 0 Å². The lowest BCUT2D eigenvalue weighted by molar-refractivity contribution is -0.171. The van der Waals surface area contributed by atoms with E-state index in [1.54, 1.807) is 0 Å². The molecule has 1 spiro atoms. The number of aliphatic imine (C=N–C) groups is 1. The first-order chi connectivity index (χ1) is 12.8. The number of para-hydroxylation sites is 1. The van der Waals surface area contributed by atoms with Crippen molar-refractivity contribution in [2.24, 2.45) is 16.3 Å². The monoisotopic (exact) mass is 355 g/mol. The summed E-state index contributed by atoms with van der Waals surface area (Å²) in [6.07, 6.45) is 6.57. The zero-order chi connectivity index (χ0) is 17.6. The van der Waals surface area contributed by atoms with Crippen LogP contribution in [-0.2, 0) is 4.74 Å². The van der Waals surface area contributed by atoms with E-state index in [2.05, 4.69) is 35.8 Å². The van der Waals surface area contributed by atoms with Gasteiger partial charge in [0.2, 0.25) is 0 Å². The van der Waals surface area contributed by atoms with Gasteiger partial charge in [0.15, 0.2) is 5.96 Å². The van der Waals surface area contributed by atoms with Gasteiger partial charge < -0.3 is 20.1 Å². The number of nitrogens with one attached hydrogen (secondary N) is 2. The van der Waals surface area contributed by atoms with Gasteiger partial charge in [0.1, 0.15) is 5.75 Å². The minimum absolute atomic E-state index is 0.255. The molecule has 3 fully saturated rings. The van der Waals surface area contributed by atoms with Crippen molar-refractivity contribution < 1.29 is 9.47 Å². The van der Waals surface area contributed by atoms with Gasteiger partial charge in [0, 0.05) is 42.5 Å². The Labute approximate surface area is 155 Å². The highest BCUT2D eigenvalue weighted by Gasteiger charge is 2.66. The summed E-state index contributed by atoms with van der Waals surface area (Å²) < 4.78 is 11.9. The van der Waals surface area contributed by atoms with Crippen molar-refractivity contribution in [1.82, 2.24) is 10.6 Å². The quantitative estimate of drug-likeness (QED) is 0.646. The summed E-state index contributed by atoms with van der Waals surface area (Å²) in [7, 11) is 0. The number of ether oxygens (including phenoxy) is 2. The first kappa shape index (κ1) is 16.4. The predicted octanol–water partition coefficient (Wildman–Crippen LogP) is 3.02. The number of benzene rings is 1. The van der Waals surface area contributed by atoms with Crippen molar-refractivity contribution in [2.75, 3.05) is 19.8 Å². The third kappa shape index (κ3) is 2.43. The van der Waals surface area contributed by atoms with Crippen LogP contribution in [0.3, 0.4) is 0 Å². The maximum absolute atomic E-state index is 6.06. The molecule has 5 nitrogen and oxygen atoms in total. The molecule has 1 aromatic rings. The highest BCUT2D eigenvalue weighted by atomic mass is 16.5. The van der Waals surface area contributed by atoms with E-state index in [1.807, 2.05) is 6.07 Å². The third-order valence-corrected chi connectivity index (χ3v) is 6.91. The van der Waals surface area contributed by atoms with Gasteiger partial charge in [-0.1, -0.05) is 24.6 Å². The fourth-order valence-electron chi connectivity index (χ4n) is 5.55. The van der Waals surface area contributed by atoms with E-state index in [0.29, 0.717) is 23.5 Å². The van der Waals surface area contributed by atoms with Gasteiger partial charge in [-0.15, -0.1) is 0 Å². The second-order valence-electron chi connectivity index (χ2n) is 8.15. The van der Waals surface area contributed by atoms with Crippen LogP contribution in [-0.4, -0.2) is 37.9 Å². The maximum Gasteiger partial charge on any atom is 0.191 e. The lowest BCUT2D eigenvalue weighted by Gasteiger charge is -2.63. The van der Waals surface area contributed by atoms with Crippen LogP contribution < -0.4 is 15.4 Å². The average molecular weight is 355 g/mol. The maximum atomic E-state index is 6.06. The Morgan fingerprint density at radius 1 is 1.19 bits per heavy atom. The molecule has 1 saturated heterocycles. The Balaban J connectivity index is 1.33. The summed E-state index contributed by atoms with van der Waals surface area (Å²) in [5.74, 6) is 2.60. The molecule has 5 rings (SSSR count). The molecule has 26 heavy (non-hydrogen) atoms. The second kappa shape index (κ2) is 6.45. The van der Waals surface area contributed by atoms with Gasteiger partial charge >= 0.3 is 0 Å². The van der Waals surface area contributed by atoms with Crippen molar-refractivity contribution in [2.45, 2.75) is 57.2 Å². The molecule has 4 atom stereocenters. The van der Waals surface area contributed by atoms with Crippen LogP contribution in [0.5, 0.6) is 5.75 Å². The van der Waals surface area contributed by atoms with Gasteiger partial charge in [-0.25, -0.2) is 0 Å². The Morgan fingerprint density at radius 2 is 2.08 bits per heavy atom. The zero-order valence-corrected chi connectivity index (χ0v) is 15.5. The molecule has 2 N–H and O–H groups in total. The van der Waals surface area contributed by atoms with Gasteiger partial charge in [-0.3, -0.25) is 4.99 Å². The van der Waals surface area contributed by atoms with Crippen LogP contribution in [0.15, 0.2) is 29.3 Å². The van der Waals surface area contributed by atoms with Crippen molar-refractivity contribution in [3.8, 4) is 5.75 Å². The molecular weight excluding hydrogens is 326 g/mol. The van der Waals surface area contributed by atoms with Gasteiger partial charge in [-0.05, 0) is 32.3 Å². The number of fused-ring (bicyclic) bond motifs is 3. The molecule has 0 bridgehead atoms. The van der Waals surface area contributed by atoms with E-state index in [9.17, 15) is 0 Å². The Bertz CT molecular complexity index is 700. The standard InChI is InChI=1S/C21H29N3O2/c1-2-22-20(23-16-9-13-25-17-7-4-3-6-14(16)17)24-18-15-8-12-26-19(15)21(18)10-5-11-21/h3-4,6-7,15-16,18-19H,2,5,8-13H2,1H3,(H2,22,23,24). The first-order valence-electron chi connectivity index (χ1n) is 10.2. The fourth-order valence-corrected chi connectivity index (χ4v) is 5.55. The van der Waals surface area contributed by atoms with E-state index < -0.39 is 0 Å². The van der Waals surface area contributed by atoms with Crippen LogP contribution in [0.25, 0.3) is 0 Å². The van der Waals surface area contributed by atoms with Crippen molar-refractivity contribution in [3.05, 3.63) is 29.8 Å². The van der Waals surface area contributed by atoms with Crippen LogP contribution >= 0.6 is 0 Å². The van der Waals surface area contributed by atoms with Crippen molar-refractivity contribution in [1.29, 1.82) is 0 Å². The third-order valence-electron chi connectivity index (χ3n) is 6.91.